The lowest BCUT2D eigenvalue weighted by atomic mass is 10.3. The minimum absolute atomic E-state index is 0.0577. The van der Waals surface area contributed by atoms with Crippen molar-refractivity contribution in [3.05, 3.63) is 60.5 Å². The quantitative estimate of drug-likeness (QED) is 0.263. The third kappa shape index (κ3) is 5.72. The molecule has 0 aliphatic heterocycles. The van der Waals surface area contributed by atoms with E-state index in [4.69, 9.17) is 22.1 Å². The van der Waals surface area contributed by atoms with Crippen molar-refractivity contribution in [2.75, 3.05) is 28.9 Å². The molecule has 1 heterocycles. The molecule has 8 heteroatoms. The van der Waals surface area contributed by atoms with E-state index in [2.05, 4.69) is 20.6 Å². The van der Waals surface area contributed by atoms with Gasteiger partial charge in [0.25, 0.3) is 0 Å². The highest BCUT2D eigenvalue weighted by Crippen LogP contribution is 2.22. The first-order valence-corrected chi connectivity index (χ1v) is 9.38. The number of nitrogens with zero attached hydrogens (tertiary/aromatic N) is 2. The molecule has 4 N–H and O–H groups in total. The topological polar surface area (TPSA) is 85.1 Å². The summed E-state index contributed by atoms with van der Waals surface area (Å²) in [6.45, 7) is 0.625. The maximum atomic E-state index is 14.0. The van der Waals surface area contributed by atoms with Crippen LogP contribution in [0, 0.1) is 5.82 Å². The van der Waals surface area contributed by atoms with E-state index in [-0.39, 0.29) is 11.8 Å². The Bertz CT molecular complexity index is 907. The van der Waals surface area contributed by atoms with Crippen LogP contribution < -0.4 is 21.1 Å². The van der Waals surface area contributed by atoms with Crippen LogP contribution in [0.2, 0.25) is 0 Å². The summed E-state index contributed by atoms with van der Waals surface area (Å²) >= 11 is 5.64. The third-order valence-corrected chi connectivity index (χ3v) is 4.07. The van der Waals surface area contributed by atoms with Crippen LogP contribution in [0.1, 0.15) is 12.8 Å². The predicted molar refractivity (Wildman–Crippen MR) is 111 cm³/mol. The number of alkyl halides is 1. The Morgan fingerprint density at radius 1 is 1.04 bits per heavy atom. The van der Waals surface area contributed by atoms with Crippen LogP contribution in [0.3, 0.4) is 0 Å². The van der Waals surface area contributed by atoms with E-state index in [1.807, 2.05) is 24.3 Å². The fraction of sp³-hybridized carbons (Fsp3) is 0.200. The zero-order chi connectivity index (χ0) is 19.8. The van der Waals surface area contributed by atoms with Crippen LogP contribution in [0.25, 0.3) is 0 Å². The number of halogens is 2. The van der Waals surface area contributed by atoms with Crippen LogP contribution >= 0.6 is 11.6 Å². The van der Waals surface area contributed by atoms with Crippen LogP contribution in [-0.2, 0) is 0 Å². The van der Waals surface area contributed by atoms with Gasteiger partial charge in [0.05, 0.1) is 12.8 Å². The van der Waals surface area contributed by atoms with Crippen molar-refractivity contribution in [3.63, 3.8) is 0 Å². The van der Waals surface area contributed by atoms with Gasteiger partial charge in [-0.1, -0.05) is 6.07 Å². The molecule has 1 aromatic heterocycles. The summed E-state index contributed by atoms with van der Waals surface area (Å²) in [5.41, 5.74) is 7.71. The normalized spacial score (nSPS) is 10.5. The number of rotatable bonds is 9. The number of nitrogens with one attached hydrogen (secondary N) is 2. The minimum Gasteiger partial charge on any atom is -0.494 e. The van der Waals surface area contributed by atoms with E-state index in [9.17, 15) is 4.39 Å². The lowest BCUT2D eigenvalue weighted by Gasteiger charge is -2.10. The molecule has 3 rings (SSSR count). The minimum atomic E-state index is -0.561. The summed E-state index contributed by atoms with van der Waals surface area (Å²) in [5, 5.41) is 5.95. The molecule has 3 aromatic rings. The van der Waals surface area contributed by atoms with Gasteiger partial charge in [-0.3, -0.25) is 0 Å². The molecule has 0 aliphatic rings. The van der Waals surface area contributed by atoms with Crippen molar-refractivity contribution >= 4 is 40.4 Å². The molecule has 0 unspecified atom stereocenters. The average Bonchev–Trinajstić information content (AvgIpc) is 2.69. The van der Waals surface area contributed by atoms with E-state index < -0.39 is 5.82 Å². The van der Waals surface area contributed by atoms with Crippen molar-refractivity contribution in [2.24, 2.45) is 0 Å². The number of hydrogen-bond donors (Lipinski definition) is 3. The Kier molecular flexibility index (Phi) is 6.86. The number of unbranched alkanes of at least 4 members (excludes halogenated alkanes) is 1. The summed E-state index contributed by atoms with van der Waals surface area (Å²) in [5.74, 6) is 1.17. The Labute approximate surface area is 167 Å². The number of ether oxygens (including phenoxy) is 1. The number of anilines is 5. The number of nitrogens with two attached hydrogens (primary N) is 1. The molecular formula is C20H21ClFN5O. The van der Waals surface area contributed by atoms with Crippen molar-refractivity contribution < 1.29 is 9.13 Å². The lowest BCUT2D eigenvalue weighted by Crippen LogP contribution is -2.03. The van der Waals surface area contributed by atoms with Crippen molar-refractivity contribution in [3.8, 4) is 5.75 Å². The summed E-state index contributed by atoms with van der Waals surface area (Å²) in [4.78, 5) is 8.17. The SMILES string of the molecule is Nc1cccc(Nc2nc(Nc3ccc(OCCCCCl)cc3)ncc2F)c1. The second-order valence-electron chi connectivity index (χ2n) is 6.03. The van der Waals surface area contributed by atoms with E-state index in [1.54, 1.807) is 24.3 Å². The summed E-state index contributed by atoms with van der Waals surface area (Å²) < 4.78 is 19.7. The van der Waals surface area contributed by atoms with Gasteiger partial charge in [0.15, 0.2) is 11.6 Å². The molecule has 0 spiro atoms. The van der Waals surface area contributed by atoms with E-state index >= 15 is 0 Å². The Balaban J connectivity index is 1.64. The van der Waals surface area contributed by atoms with Gasteiger partial charge in [0.1, 0.15) is 5.75 Å². The molecule has 0 bridgehead atoms. The van der Waals surface area contributed by atoms with Gasteiger partial charge in [0.2, 0.25) is 5.95 Å². The molecule has 0 fully saturated rings. The largest absolute Gasteiger partial charge is 0.494 e. The number of nitrogen functional groups attached to an aromatic ring is 1. The van der Waals surface area contributed by atoms with Crippen LogP contribution in [0.4, 0.5) is 33.2 Å². The molecule has 6 nitrogen and oxygen atoms in total. The second-order valence-corrected chi connectivity index (χ2v) is 6.41. The smallest absolute Gasteiger partial charge is 0.229 e. The average molecular weight is 402 g/mol. The van der Waals surface area contributed by atoms with Crippen molar-refractivity contribution in [2.45, 2.75) is 12.8 Å². The van der Waals surface area contributed by atoms with Crippen molar-refractivity contribution in [1.29, 1.82) is 0 Å². The lowest BCUT2D eigenvalue weighted by molar-refractivity contribution is 0.310. The number of hydrogen-bond acceptors (Lipinski definition) is 6. The monoisotopic (exact) mass is 401 g/mol. The van der Waals surface area contributed by atoms with Gasteiger partial charge in [-0.25, -0.2) is 9.37 Å². The van der Waals surface area contributed by atoms with Gasteiger partial charge >= 0.3 is 0 Å². The number of benzene rings is 2. The molecule has 28 heavy (non-hydrogen) atoms. The number of aromatic nitrogens is 2. The third-order valence-electron chi connectivity index (χ3n) is 3.80. The molecule has 0 saturated heterocycles. The van der Waals surface area contributed by atoms with Gasteiger partial charge in [-0.2, -0.15) is 4.98 Å². The van der Waals surface area contributed by atoms with E-state index in [0.717, 1.165) is 30.5 Å². The van der Waals surface area contributed by atoms with E-state index in [1.165, 1.54) is 0 Å². The van der Waals surface area contributed by atoms with E-state index in [0.29, 0.717) is 23.9 Å². The fourth-order valence-electron chi connectivity index (χ4n) is 2.42. The molecular weight excluding hydrogens is 381 g/mol. The first kappa shape index (κ1) is 19.7. The molecule has 0 radical (unpaired) electrons. The fourth-order valence-corrected chi connectivity index (χ4v) is 2.61. The predicted octanol–water partition coefficient (Wildman–Crippen LogP) is 5.08. The Hall–Kier alpha value is -3.06. The second kappa shape index (κ2) is 9.75. The molecule has 2 aromatic carbocycles. The highest BCUT2D eigenvalue weighted by Gasteiger charge is 2.08. The molecule has 0 amide bonds. The first-order chi connectivity index (χ1) is 13.6. The molecule has 0 saturated carbocycles. The van der Waals surface area contributed by atoms with Crippen LogP contribution in [0.5, 0.6) is 5.75 Å². The van der Waals surface area contributed by atoms with Crippen LogP contribution in [0.15, 0.2) is 54.7 Å². The van der Waals surface area contributed by atoms with Crippen LogP contribution in [-0.4, -0.2) is 22.5 Å². The zero-order valence-electron chi connectivity index (χ0n) is 15.2. The highest BCUT2D eigenvalue weighted by molar-refractivity contribution is 6.17. The molecule has 0 atom stereocenters. The first-order valence-electron chi connectivity index (χ1n) is 8.85. The maximum absolute atomic E-state index is 14.0. The summed E-state index contributed by atoms with van der Waals surface area (Å²) in [7, 11) is 0. The zero-order valence-corrected chi connectivity index (χ0v) is 15.9. The summed E-state index contributed by atoms with van der Waals surface area (Å²) in [6.07, 6.45) is 2.95. The summed E-state index contributed by atoms with van der Waals surface area (Å²) in [6, 6.07) is 14.4. The molecule has 146 valence electrons. The maximum Gasteiger partial charge on any atom is 0.229 e. The van der Waals surface area contributed by atoms with Gasteiger partial charge in [0, 0.05) is 22.9 Å². The van der Waals surface area contributed by atoms with Gasteiger partial charge < -0.3 is 21.1 Å². The Morgan fingerprint density at radius 2 is 1.86 bits per heavy atom. The Morgan fingerprint density at radius 3 is 2.61 bits per heavy atom. The molecule has 0 aliphatic carbocycles. The van der Waals surface area contributed by atoms with Crippen molar-refractivity contribution in [1.82, 2.24) is 9.97 Å². The van der Waals surface area contributed by atoms with Gasteiger partial charge in [-0.15, -0.1) is 11.6 Å². The highest BCUT2D eigenvalue weighted by atomic mass is 35.5. The van der Waals surface area contributed by atoms with Gasteiger partial charge in [-0.05, 0) is 55.3 Å². The standard InChI is InChI=1S/C20H21ClFN5O/c21-10-1-2-11-28-17-8-6-15(7-9-17)26-20-24-13-18(22)19(27-20)25-16-5-3-4-14(23)12-16/h3-9,12-13H,1-2,10-11,23H2,(H2,24,25,26,27).